The van der Waals surface area contributed by atoms with Gasteiger partial charge < -0.3 is 24.8 Å². The van der Waals surface area contributed by atoms with E-state index in [9.17, 15) is 5.11 Å². The van der Waals surface area contributed by atoms with Gasteiger partial charge in [-0.1, -0.05) is 24.3 Å². The quantitative estimate of drug-likeness (QED) is 0.380. The number of aromatic hydroxyl groups is 1. The number of hydrogen-bond donors (Lipinski definition) is 2. The van der Waals surface area contributed by atoms with Crippen molar-refractivity contribution in [3.05, 3.63) is 48.4 Å². The molecule has 0 aliphatic carbocycles. The molecule has 10 heteroatoms. The van der Waals surface area contributed by atoms with Crippen molar-refractivity contribution in [3.63, 3.8) is 0 Å². The van der Waals surface area contributed by atoms with Crippen molar-refractivity contribution in [3.8, 4) is 23.0 Å². The summed E-state index contributed by atoms with van der Waals surface area (Å²) in [4.78, 5) is 18.6. The first-order chi connectivity index (χ1) is 19.6. The van der Waals surface area contributed by atoms with Crippen LogP contribution in [0.4, 0.5) is 10.2 Å². The summed E-state index contributed by atoms with van der Waals surface area (Å²) in [6.45, 7) is 4.44. The highest BCUT2D eigenvalue weighted by molar-refractivity contribution is 5.99. The number of ether oxygens (including phenoxy) is 2. The largest absolute Gasteiger partial charge is 0.508 e. The molecule has 4 aliphatic heterocycles. The Morgan fingerprint density at radius 2 is 1.93 bits per heavy atom. The standard InChI is InChI=1S/C30H31FN6O3/c31-26-27(24-11-21(38)9-17-3-1-2-4-23(17)24)32-12-25-28(26)34-30(39-8-7-36-15-22-10-20(36)16-40-22)35-29(25)37-13-18-5-6-19(14-37)33-18/h1-4,9,11-12,18-20,22,33,38H,5-8,10,13-16H2/t18-,19+,20-,22-/m0/s1. The number of piperazine rings is 1. The molecule has 8 rings (SSSR count). The lowest BCUT2D eigenvalue weighted by molar-refractivity contribution is 0.0253. The molecule has 4 atom stereocenters. The molecule has 6 heterocycles. The van der Waals surface area contributed by atoms with Crippen molar-refractivity contribution in [2.45, 2.75) is 43.5 Å². The second kappa shape index (κ2) is 9.50. The molecular formula is C30H31FN6O3. The van der Waals surface area contributed by atoms with Crippen molar-refractivity contribution in [1.29, 1.82) is 0 Å². The first-order valence-electron chi connectivity index (χ1n) is 14.2. The fourth-order valence-electron chi connectivity index (χ4n) is 6.98. The number of anilines is 1. The van der Waals surface area contributed by atoms with Gasteiger partial charge in [-0.15, -0.1) is 0 Å². The SMILES string of the molecule is Oc1cc(-c2ncc3c(N4C[C@H]5CC[C@@H](C4)N5)nc(OCCN4C[C@@H]5C[C@H]4CO5)nc3c2F)c2ccccc2c1. The van der Waals surface area contributed by atoms with Gasteiger partial charge in [-0.3, -0.25) is 9.88 Å². The number of halogens is 1. The lowest BCUT2D eigenvalue weighted by atomic mass is 10.0. The van der Waals surface area contributed by atoms with Crippen molar-refractivity contribution in [2.75, 3.05) is 44.3 Å². The molecule has 0 amide bonds. The summed E-state index contributed by atoms with van der Waals surface area (Å²) in [7, 11) is 0. The Balaban J connectivity index is 1.19. The van der Waals surface area contributed by atoms with Crippen LogP contribution in [-0.4, -0.2) is 88.6 Å². The number of aromatic nitrogens is 3. The van der Waals surface area contributed by atoms with Crippen LogP contribution in [0.25, 0.3) is 32.9 Å². The molecule has 0 unspecified atom stereocenters. The van der Waals surface area contributed by atoms with Crippen LogP contribution in [0, 0.1) is 5.82 Å². The van der Waals surface area contributed by atoms with E-state index < -0.39 is 5.82 Å². The molecule has 4 bridgehead atoms. The van der Waals surface area contributed by atoms with Crippen LogP contribution in [0.5, 0.6) is 11.8 Å². The number of likely N-dealkylation sites (tertiary alicyclic amines) is 1. The number of hydrogen-bond acceptors (Lipinski definition) is 9. The highest BCUT2D eigenvalue weighted by Crippen LogP contribution is 2.37. The first-order valence-corrected chi connectivity index (χ1v) is 14.2. The van der Waals surface area contributed by atoms with Crippen LogP contribution in [0.2, 0.25) is 0 Å². The number of morpholine rings is 1. The zero-order valence-corrected chi connectivity index (χ0v) is 22.1. The summed E-state index contributed by atoms with van der Waals surface area (Å²) in [5, 5.41) is 16.2. The second-order valence-electron chi connectivity index (χ2n) is 11.5. The van der Waals surface area contributed by atoms with Crippen molar-refractivity contribution < 1.29 is 19.0 Å². The highest BCUT2D eigenvalue weighted by Gasteiger charge is 2.38. The molecule has 2 aromatic heterocycles. The minimum Gasteiger partial charge on any atom is -0.508 e. The molecule has 206 valence electrons. The molecule has 4 fully saturated rings. The van der Waals surface area contributed by atoms with Crippen LogP contribution in [0.1, 0.15) is 19.3 Å². The first kappa shape index (κ1) is 24.2. The number of phenolic OH excluding ortho intramolecular Hbond substituents is 1. The summed E-state index contributed by atoms with van der Waals surface area (Å²) in [5.74, 6) is 0.166. The second-order valence-corrected chi connectivity index (χ2v) is 11.5. The molecule has 4 aromatic rings. The van der Waals surface area contributed by atoms with Gasteiger partial charge in [0.15, 0.2) is 5.82 Å². The minimum atomic E-state index is -0.547. The number of pyridine rings is 1. The summed E-state index contributed by atoms with van der Waals surface area (Å²) in [6, 6.07) is 12.2. The van der Waals surface area contributed by atoms with Gasteiger partial charge in [-0.2, -0.15) is 9.97 Å². The van der Waals surface area contributed by atoms with Crippen LogP contribution < -0.4 is 15.0 Å². The highest BCUT2D eigenvalue weighted by atomic mass is 19.1. The van der Waals surface area contributed by atoms with Gasteiger partial charge in [0.1, 0.15) is 29.4 Å². The third kappa shape index (κ3) is 4.13. The normalized spacial score (nSPS) is 25.9. The lowest BCUT2D eigenvalue weighted by Gasteiger charge is -2.34. The summed E-state index contributed by atoms with van der Waals surface area (Å²) < 4.78 is 28.2. The van der Waals surface area contributed by atoms with E-state index in [2.05, 4.69) is 25.1 Å². The zero-order valence-electron chi connectivity index (χ0n) is 22.1. The zero-order chi connectivity index (χ0) is 26.8. The van der Waals surface area contributed by atoms with Crippen molar-refractivity contribution >= 4 is 27.5 Å². The van der Waals surface area contributed by atoms with Crippen molar-refractivity contribution in [1.82, 2.24) is 25.2 Å². The van der Waals surface area contributed by atoms with E-state index in [1.165, 1.54) is 0 Å². The number of nitrogens with one attached hydrogen (secondary N) is 1. The Hall–Kier alpha value is -3.60. The maximum atomic E-state index is 16.4. The molecule has 9 nitrogen and oxygen atoms in total. The fourth-order valence-corrected chi connectivity index (χ4v) is 6.98. The maximum absolute atomic E-state index is 16.4. The molecule has 4 saturated heterocycles. The van der Waals surface area contributed by atoms with E-state index in [-0.39, 0.29) is 23.0 Å². The smallest absolute Gasteiger partial charge is 0.319 e. The average Bonchev–Trinajstić information content (AvgIpc) is 3.68. The number of fused-ring (bicyclic) bond motifs is 6. The van der Waals surface area contributed by atoms with Crippen LogP contribution in [0.3, 0.4) is 0 Å². The number of benzene rings is 2. The fraction of sp³-hybridized carbons (Fsp3) is 0.433. The van der Waals surface area contributed by atoms with E-state index in [1.807, 2.05) is 24.3 Å². The van der Waals surface area contributed by atoms with E-state index >= 15 is 4.39 Å². The van der Waals surface area contributed by atoms with Crippen LogP contribution in [0.15, 0.2) is 42.6 Å². The number of phenols is 1. The molecule has 2 N–H and O–H groups in total. The lowest BCUT2D eigenvalue weighted by Crippen LogP contribution is -2.51. The number of nitrogens with zero attached hydrogens (tertiary/aromatic N) is 5. The van der Waals surface area contributed by atoms with E-state index in [0.29, 0.717) is 47.6 Å². The van der Waals surface area contributed by atoms with E-state index in [1.54, 1.807) is 18.3 Å². The van der Waals surface area contributed by atoms with Gasteiger partial charge in [0.05, 0.1) is 18.1 Å². The average molecular weight is 543 g/mol. The topological polar surface area (TPSA) is 95.9 Å². The monoisotopic (exact) mass is 542 g/mol. The molecule has 0 radical (unpaired) electrons. The van der Waals surface area contributed by atoms with Gasteiger partial charge in [0, 0.05) is 56.1 Å². The van der Waals surface area contributed by atoms with Gasteiger partial charge in [0.25, 0.3) is 0 Å². The summed E-state index contributed by atoms with van der Waals surface area (Å²) >= 11 is 0. The van der Waals surface area contributed by atoms with Crippen LogP contribution in [-0.2, 0) is 4.74 Å². The summed E-state index contributed by atoms with van der Waals surface area (Å²) in [6.07, 6.45) is 5.31. The molecule has 0 saturated carbocycles. The van der Waals surface area contributed by atoms with Gasteiger partial charge in [0.2, 0.25) is 0 Å². The van der Waals surface area contributed by atoms with Crippen LogP contribution >= 0.6 is 0 Å². The van der Waals surface area contributed by atoms with Crippen molar-refractivity contribution in [2.24, 2.45) is 0 Å². The maximum Gasteiger partial charge on any atom is 0.319 e. The minimum absolute atomic E-state index is 0.0553. The van der Waals surface area contributed by atoms with Gasteiger partial charge in [-0.25, -0.2) is 4.39 Å². The molecule has 4 aliphatic rings. The van der Waals surface area contributed by atoms with Gasteiger partial charge in [-0.05, 0) is 42.2 Å². The summed E-state index contributed by atoms with van der Waals surface area (Å²) in [5.41, 5.74) is 0.838. The predicted octanol–water partition coefficient (Wildman–Crippen LogP) is 3.48. The third-order valence-corrected chi connectivity index (χ3v) is 8.88. The molecule has 2 aromatic carbocycles. The Morgan fingerprint density at radius 3 is 2.73 bits per heavy atom. The number of rotatable bonds is 6. The Labute approximate surface area is 230 Å². The molecule has 40 heavy (non-hydrogen) atoms. The van der Waals surface area contributed by atoms with Gasteiger partial charge >= 0.3 is 6.01 Å². The van der Waals surface area contributed by atoms with E-state index in [4.69, 9.17) is 14.5 Å². The third-order valence-electron chi connectivity index (χ3n) is 8.88. The van der Waals surface area contributed by atoms with E-state index in [0.717, 1.165) is 62.8 Å². The Bertz CT molecular complexity index is 1610. The Kier molecular flexibility index (Phi) is 5.75. The Morgan fingerprint density at radius 1 is 1.07 bits per heavy atom. The molecular weight excluding hydrogens is 511 g/mol. The predicted molar refractivity (Wildman–Crippen MR) is 149 cm³/mol. The molecule has 0 spiro atoms.